The van der Waals surface area contributed by atoms with Gasteiger partial charge in [0, 0.05) is 11.8 Å². The van der Waals surface area contributed by atoms with Gasteiger partial charge in [0.1, 0.15) is 6.04 Å². The maximum absolute atomic E-state index is 13.7. The van der Waals surface area contributed by atoms with Gasteiger partial charge in [-0.25, -0.2) is 9.36 Å². The Morgan fingerprint density at radius 3 is 2.47 bits per heavy atom. The maximum atomic E-state index is 13.7. The lowest BCUT2D eigenvalue weighted by atomic mass is 10.1. The molecule has 1 amide bonds. The van der Waals surface area contributed by atoms with Crippen molar-refractivity contribution in [1.82, 2.24) is 19.4 Å². The Bertz CT molecular complexity index is 1490. The predicted octanol–water partition coefficient (Wildman–Crippen LogP) is 3.02. The van der Waals surface area contributed by atoms with E-state index in [9.17, 15) is 19.2 Å². The molecule has 0 saturated carbocycles. The highest BCUT2D eigenvalue weighted by Crippen LogP contribution is 2.18. The Hall–Kier alpha value is -4.33. The van der Waals surface area contributed by atoms with E-state index in [0.29, 0.717) is 28.6 Å². The van der Waals surface area contributed by atoms with Crippen molar-refractivity contribution in [3.05, 3.63) is 105 Å². The van der Waals surface area contributed by atoms with Gasteiger partial charge >= 0.3 is 5.69 Å². The minimum atomic E-state index is -0.857. The number of nitrogens with zero attached hydrogens (tertiary/aromatic N) is 3. The summed E-state index contributed by atoms with van der Waals surface area (Å²) in [6.07, 6.45) is 1.96. The highest BCUT2D eigenvalue weighted by atomic mass is 16.2. The standard InChI is InChI=1S/C26H24N4O4/c1-3-22(24(32)28-16-19-10-6-7-14-27-19)30-23-13-5-4-12-21(23)25(33)29(26(30)34)20-11-8-9-18(15-20)17(2)31/h4-15,22H,3,16H2,1-2H3,(H,28,32). The molecule has 172 valence electrons. The van der Waals surface area contributed by atoms with Gasteiger partial charge in [0.25, 0.3) is 5.56 Å². The summed E-state index contributed by atoms with van der Waals surface area (Å²) in [5, 5.41) is 3.14. The minimum Gasteiger partial charge on any atom is -0.349 e. The highest BCUT2D eigenvalue weighted by Gasteiger charge is 2.25. The van der Waals surface area contributed by atoms with Gasteiger partial charge < -0.3 is 5.32 Å². The highest BCUT2D eigenvalue weighted by molar-refractivity contribution is 5.94. The van der Waals surface area contributed by atoms with Crippen LogP contribution in [0.2, 0.25) is 0 Å². The van der Waals surface area contributed by atoms with Crippen LogP contribution in [0.5, 0.6) is 0 Å². The van der Waals surface area contributed by atoms with Crippen molar-refractivity contribution in [2.75, 3.05) is 0 Å². The van der Waals surface area contributed by atoms with E-state index in [1.807, 2.05) is 6.07 Å². The number of carbonyl (C=O) groups excluding carboxylic acids is 2. The number of aromatic nitrogens is 3. The molecule has 1 atom stereocenters. The molecule has 0 radical (unpaired) electrons. The number of rotatable bonds is 7. The molecule has 0 fully saturated rings. The number of nitrogens with one attached hydrogen (secondary N) is 1. The van der Waals surface area contributed by atoms with Gasteiger partial charge in [-0.3, -0.25) is 23.9 Å². The van der Waals surface area contributed by atoms with Gasteiger partial charge in [0.05, 0.1) is 28.8 Å². The number of fused-ring (bicyclic) bond motifs is 1. The van der Waals surface area contributed by atoms with E-state index in [1.165, 1.54) is 17.6 Å². The topological polar surface area (TPSA) is 103 Å². The molecule has 1 unspecified atom stereocenters. The number of carbonyl (C=O) groups is 2. The second-order valence-electron chi connectivity index (χ2n) is 7.88. The van der Waals surface area contributed by atoms with Crippen molar-refractivity contribution in [3.8, 4) is 5.69 Å². The lowest BCUT2D eigenvalue weighted by Gasteiger charge is -2.21. The van der Waals surface area contributed by atoms with E-state index in [1.54, 1.807) is 67.7 Å². The molecular weight excluding hydrogens is 432 g/mol. The van der Waals surface area contributed by atoms with Crippen molar-refractivity contribution in [1.29, 1.82) is 0 Å². The van der Waals surface area contributed by atoms with Crippen molar-refractivity contribution in [2.24, 2.45) is 0 Å². The molecule has 4 aromatic rings. The summed E-state index contributed by atoms with van der Waals surface area (Å²) in [5.74, 6) is -0.542. The molecule has 0 bridgehead atoms. The Morgan fingerprint density at radius 1 is 1.00 bits per heavy atom. The largest absolute Gasteiger partial charge is 0.349 e. The molecule has 0 aliphatic carbocycles. The number of hydrogen-bond donors (Lipinski definition) is 1. The fraction of sp³-hybridized carbons (Fsp3) is 0.192. The second-order valence-corrected chi connectivity index (χ2v) is 7.88. The second kappa shape index (κ2) is 9.66. The molecule has 2 heterocycles. The smallest absolute Gasteiger partial charge is 0.336 e. The third kappa shape index (κ3) is 4.30. The summed E-state index contributed by atoms with van der Waals surface area (Å²) in [6.45, 7) is 3.43. The summed E-state index contributed by atoms with van der Waals surface area (Å²) >= 11 is 0. The number of hydrogen-bond acceptors (Lipinski definition) is 5. The molecule has 0 aliphatic rings. The number of benzene rings is 2. The SMILES string of the molecule is CCC(C(=O)NCc1ccccn1)n1c(=O)n(-c2cccc(C(C)=O)c2)c(=O)c2ccccc21. The van der Waals surface area contributed by atoms with E-state index in [-0.39, 0.29) is 23.9 Å². The Labute approximate surface area is 195 Å². The summed E-state index contributed by atoms with van der Waals surface area (Å²) in [4.78, 5) is 56.3. The first-order valence-electron chi connectivity index (χ1n) is 11.0. The van der Waals surface area contributed by atoms with E-state index < -0.39 is 17.3 Å². The molecular formula is C26H24N4O4. The quantitative estimate of drug-likeness (QED) is 0.431. The van der Waals surface area contributed by atoms with Crippen LogP contribution in [-0.2, 0) is 11.3 Å². The van der Waals surface area contributed by atoms with Crippen LogP contribution in [0.15, 0.2) is 82.5 Å². The predicted molar refractivity (Wildman–Crippen MR) is 129 cm³/mol. The minimum absolute atomic E-state index is 0.184. The van der Waals surface area contributed by atoms with E-state index >= 15 is 0 Å². The lowest BCUT2D eigenvalue weighted by molar-refractivity contribution is -0.124. The van der Waals surface area contributed by atoms with Crippen LogP contribution >= 0.6 is 0 Å². The van der Waals surface area contributed by atoms with Crippen molar-refractivity contribution in [3.63, 3.8) is 0 Å². The number of Topliss-reactive ketones (excluding diaryl/α,β-unsaturated/α-hetero) is 1. The summed E-state index contributed by atoms with van der Waals surface area (Å²) < 4.78 is 2.37. The Kier molecular flexibility index (Phi) is 6.49. The fourth-order valence-electron chi connectivity index (χ4n) is 3.96. The van der Waals surface area contributed by atoms with Gasteiger partial charge in [-0.2, -0.15) is 0 Å². The molecule has 0 spiro atoms. The monoisotopic (exact) mass is 456 g/mol. The van der Waals surface area contributed by atoms with Crippen molar-refractivity contribution < 1.29 is 9.59 Å². The summed E-state index contributed by atoms with van der Waals surface area (Å²) in [6, 6.07) is 17.6. The first kappa shape index (κ1) is 22.8. The van der Waals surface area contributed by atoms with E-state index in [4.69, 9.17) is 0 Å². The molecule has 8 nitrogen and oxygen atoms in total. The van der Waals surface area contributed by atoms with Crippen LogP contribution < -0.4 is 16.6 Å². The van der Waals surface area contributed by atoms with Gasteiger partial charge in [-0.15, -0.1) is 0 Å². The Balaban J connectivity index is 1.87. The third-order valence-electron chi connectivity index (χ3n) is 5.68. The molecule has 2 aromatic heterocycles. The summed E-state index contributed by atoms with van der Waals surface area (Å²) in [5.41, 5.74) is 0.547. The van der Waals surface area contributed by atoms with Gasteiger partial charge in [0.15, 0.2) is 5.78 Å². The number of para-hydroxylation sites is 1. The first-order valence-corrected chi connectivity index (χ1v) is 11.0. The summed E-state index contributed by atoms with van der Waals surface area (Å²) in [7, 11) is 0. The normalized spacial score (nSPS) is 11.8. The van der Waals surface area contributed by atoms with Gasteiger partial charge in [-0.05, 0) is 49.7 Å². The third-order valence-corrected chi connectivity index (χ3v) is 5.68. The number of pyridine rings is 1. The molecule has 34 heavy (non-hydrogen) atoms. The van der Waals surface area contributed by atoms with Crippen molar-refractivity contribution in [2.45, 2.75) is 32.9 Å². The average molecular weight is 457 g/mol. The fourth-order valence-corrected chi connectivity index (χ4v) is 3.96. The zero-order valence-electron chi connectivity index (χ0n) is 18.9. The van der Waals surface area contributed by atoms with Crippen LogP contribution in [0, 0.1) is 0 Å². The van der Waals surface area contributed by atoms with Crippen LogP contribution in [0.4, 0.5) is 0 Å². The zero-order valence-corrected chi connectivity index (χ0v) is 18.9. The van der Waals surface area contributed by atoms with Gasteiger partial charge in [0.2, 0.25) is 5.91 Å². The van der Waals surface area contributed by atoms with Crippen molar-refractivity contribution >= 4 is 22.6 Å². The van der Waals surface area contributed by atoms with Gasteiger partial charge in [-0.1, -0.05) is 37.3 Å². The zero-order chi connectivity index (χ0) is 24.2. The molecule has 4 rings (SSSR count). The molecule has 0 saturated heterocycles. The Morgan fingerprint density at radius 2 is 1.76 bits per heavy atom. The average Bonchev–Trinajstić information content (AvgIpc) is 2.86. The lowest BCUT2D eigenvalue weighted by Crippen LogP contribution is -2.44. The van der Waals surface area contributed by atoms with Crippen LogP contribution in [0.1, 0.15) is 42.4 Å². The molecule has 1 N–H and O–H groups in total. The number of amides is 1. The molecule has 2 aromatic carbocycles. The van der Waals surface area contributed by atoms with Crippen LogP contribution in [0.25, 0.3) is 16.6 Å². The maximum Gasteiger partial charge on any atom is 0.336 e. The van der Waals surface area contributed by atoms with E-state index in [2.05, 4.69) is 10.3 Å². The first-order chi connectivity index (χ1) is 16.4. The number of ketones is 1. The van der Waals surface area contributed by atoms with Crippen LogP contribution in [0.3, 0.4) is 0 Å². The van der Waals surface area contributed by atoms with Crippen LogP contribution in [-0.4, -0.2) is 25.8 Å². The molecule has 0 aliphatic heterocycles. The molecule has 8 heteroatoms. The van der Waals surface area contributed by atoms with E-state index in [0.717, 1.165) is 4.57 Å².